The van der Waals surface area contributed by atoms with Crippen molar-refractivity contribution in [3.05, 3.63) is 35.9 Å². The lowest BCUT2D eigenvalue weighted by molar-refractivity contribution is 0.0896. The highest BCUT2D eigenvalue weighted by atomic mass is 32.2. The summed E-state index contributed by atoms with van der Waals surface area (Å²) in [5.74, 6) is 0.974. The van der Waals surface area contributed by atoms with Crippen molar-refractivity contribution in [2.24, 2.45) is 5.92 Å². The first kappa shape index (κ1) is 21.3. The van der Waals surface area contributed by atoms with Gasteiger partial charge in [-0.2, -0.15) is 0 Å². The number of piperidine rings is 1. The first-order chi connectivity index (χ1) is 13.4. The highest BCUT2D eigenvalue weighted by Crippen LogP contribution is 2.23. The minimum atomic E-state index is -3.55. The fourth-order valence-electron chi connectivity index (χ4n) is 3.70. The Morgan fingerprint density at radius 3 is 2.71 bits per heavy atom. The molecule has 0 unspecified atom stereocenters. The number of ether oxygens (including phenoxy) is 1. The monoisotopic (exact) mass is 428 g/mol. The van der Waals surface area contributed by atoms with Gasteiger partial charge in [0.1, 0.15) is 6.61 Å². The number of sulfonamides is 1. The summed E-state index contributed by atoms with van der Waals surface area (Å²) in [5, 5.41) is -0.635. The van der Waals surface area contributed by atoms with Gasteiger partial charge in [0.25, 0.3) is 0 Å². The number of carbonyl (C=O) groups excluding carboxylic acids is 1. The molecule has 0 aromatic heterocycles. The number of amides is 1. The van der Waals surface area contributed by atoms with Crippen molar-refractivity contribution in [3.8, 4) is 0 Å². The Balaban J connectivity index is 1.61. The molecule has 0 N–H and O–H groups in total. The van der Waals surface area contributed by atoms with Gasteiger partial charge in [0, 0.05) is 48.5 Å². The molecule has 2 aliphatic rings. The van der Waals surface area contributed by atoms with E-state index in [9.17, 15) is 17.4 Å². The topological polar surface area (TPSA) is 84.0 Å². The van der Waals surface area contributed by atoms with E-state index in [1.54, 1.807) is 0 Å². The second kappa shape index (κ2) is 9.37. The van der Waals surface area contributed by atoms with Gasteiger partial charge in [-0.15, -0.1) is 0 Å². The molecule has 156 valence electrons. The molecule has 2 heterocycles. The smallest absolute Gasteiger partial charge is 0.410 e. The van der Waals surface area contributed by atoms with E-state index in [4.69, 9.17) is 4.74 Å². The Labute approximate surface area is 169 Å². The Bertz CT molecular complexity index is 800. The SMILES string of the molecule is C[C@@H]1CN(S(=O)(=O)[C@H]2CCCN(C(=O)OCc3ccccc3)C2)CC[S@@](=O)C1. The van der Waals surface area contributed by atoms with Crippen LogP contribution < -0.4 is 0 Å². The summed E-state index contributed by atoms with van der Waals surface area (Å²) in [4.78, 5) is 13.9. The standard InChI is InChI=1S/C19H28N2O5S2/c1-16-12-21(10-11-27(23)15-16)28(24,25)18-8-5-9-20(13-18)19(22)26-14-17-6-3-2-4-7-17/h2-4,6-7,16,18H,5,8-15H2,1H3/t16-,18+,27-/m1/s1. The van der Waals surface area contributed by atoms with Gasteiger partial charge >= 0.3 is 6.09 Å². The van der Waals surface area contributed by atoms with Crippen molar-refractivity contribution in [1.82, 2.24) is 9.21 Å². The maximum absolute atomic E-state index is 13.1. The predicted octanol–water partition coefficient (Wildman–Crippen LogP) is 1.82. The minimum absolute atomic E-state index is 0.0636. The summed E-state index contributed by atoms with van der Waals surface area (Å²) in [5.41, 5.74) is 0.892. The third-order valence-corrected chi connectivity index (χ3v) is 9.03. The maximum Gasteiger partial charge on any atom is 0.410 e. The lowest BCUT2D eigenvalue weighted by Gasteiger charge is -2.34. The fourth-order valence-corrected chi connectivity index (χ4v) is 7.20. The maximum atomic E-state index is 13.1. The third-order valence-electron chi connectivity index (χ3n) is 5.18. The van der Waals surface area contributed by atoms with E-state index in [2.05, 4.69) is 0 Å². The summed E-state index contributed by atoms with van der Waals surface area (Å²) in [6, 6.07) is 9.40. The van der Waals surface area contributed by atoms with E-state index in [0.29, 0.717) is 37.4 Å². The second-order valence-corrected chi connectivity index (χ2v) is 11.4. The van der Waals surface area contributed by atoms with Crippen molar-refractivity contribution >= 4 is 26.9 Å². The van der Waals surface area contributed by atoms with Gasteiger partial charge in [0.05, 0.1) is 5.25 Å². The molecular formula is C19H28N2O5S2. The van der Waals surface area contributed by atoms with Crippen LogP contribution in [0.1, 0.15) is 25.3 Å². The molecule has 0 spiro atoms. The number of likely N-dealkylation sites (tertiary alicyclic amines) is 1. The van der Waals surface area contributed by atoms with Crippen LogP contribution in [0.4, 0.5) is 4.79 Å². The zero-order chi connectivity index (χ0) is 20.1. The molecule has 9 heteroatoms. The molecule has 2 saturated heterocycles. The van der Waals surface area contributed by atoms with Crippen LogP contribution in [-0.2, 0) is 32.2 Å². The lowest BCUT2D eigenvalue weighted by atomic mass is 10.1. The highest BCUT2D eigenvalue weighted by molar-refractivity contribution is 7.90. The zero-order valence-electron chi connectivity index (χ0n) is 16.2. The molecule has 3 rings (SSSR count). The van der Waals surface area contributed by atoms with Crippen LogP contribution >= 0.6 is 0 Å². The van der Waals surface area contributed by atoms with Crippen molar-refractivity contribution in [1.29, 1.82) is 0 Å². The van der Waals surface area contributed by atoms with E-state index in [0.717, 1.165) is 5.56 Å². The molecule has 0 aliphatic carbocycles. The number of rotatable bonds is 4. The van der Waals surface area contributed by atoms with E-state index >= 15 is 0 Å². The summed E-state index contributed by atoms with van der Waals surface area (Å²) in [7, 11) is -4.52. The number of hydrogen-bond donors (Lipinski definition) is 0. The van der Waals surface area contributed by atoms with E-state index < -0.39 is 32.2 Å². The predicted molar refractivity (Wildman–Crippen MR) is 109 cm³/mol. The minimum Gasteiger partial charge on any atom is -0.445 e. The second-order valence-electron chi connectivity index (χ2n) is 7.57. The van der Waals surface area contributed by atoms with Crippen molar-refractivity contribution in [3.63, 3.8) is 0 Å². The van der Waals surface area contributed by atoms with Gasteiger partial charge in [-0.25, -0.2) is 17.5 Å². The highest BCUT2D eigenvalue weighted by Gasteiger charge is 2.38. The van der Waals surface area contributed by atoms with Gasteiger partial charge in [-0.1, -0.05) is 37.3 Å². The molecule has 7 nitrogen and oxygen atoms in total. The molecular weight excluding hydrogens is 400 g/mol. The van der Waals surface area contributed by atoms with E-state index in [1.807, 2.05) is 37.3 Å². The summed E-state index contributed by atoms with van der Waals surface area (Å²) < 4.78 is 45.0. The first-order valence-electron chi connectivity index (χ1n) is 9.66. The summed E-state index contributed by atoms with van der Waals surface area (Å²) >= 11 is 0. The molecule has 0 saturated carbocycles. The Hall–Kier alpha value is -1.45. The van der Waals surface area contributed by atoms with Crippen LogP contribution in [0.5, 0.6) is 0 Å². The van der Waals surface area contributed by atoms with Gasteiger partial charge in [0.2, 0.25) is 10.0 Å². The average molecular weight is 429 g/mol. The molecule has 0 bridgehead atoms. The van der Waals surface area contributed by atoms with Gasteiger partial charge in [0.15, 0.2) is 0 Å². The number of hydrogen-bond acceptors (Lipinski definition) is 5. The van der Waals surface area contributed by atoms with Crippen LogP contribution in [0.15, 0.2) is 30.3 Å². The molecule has 0 radical (unpaired) electrons. The van der Waals surface area contributed by atoms with E-state index in [-0.39, 0.29) is 25.6 Å². The van der Waals surface area contributed by atoms with E-state index in [1.165, 1.54) is 9.21 Å². The summed E-state index contributed by atoms with van der Waals surface area (Å²) in [6.07, 6.45) is 0.674. The normalized spacial score (nSPS) is 27.2. The molecule has 1 amide bonds. The Morgan fingerprint density at radius 2 is 1.96 bits per heavy atom. The molecule has 2 fully saturated rings. The van der Waals surface area contributed by atoms with Gasteiger partial charge < -0.3 is 9.64 Å². The number of nitrogens with zero attached hydrogens (tertiary/aromatic N) is 2. The molecule has 1 aromatic rings. The number of benzene rings is 1. The van der Waals surface area contributed by atoms with Crippen LogP contribution in [0.2, 0.25) is 0 Å². The van der Waals surface area contributed by atoms with Crippen LogP contribution in [0.25, 0.3) is 0 Å². The largest absolute Gasteiger partial charge is 0.445 e. The Morgan fingerprint density at radius 1 is 1.21 bits per heavy atom. The fraction of sp³-hybridized carbons (Fsp3) is 0.632. The van der Waals surface area contributed by atoms with Crippen molar-refractivity contribution in [2.75, 3.05) is 37.7 Å². The van der Waals surface area contributed by atoms with Crippen LogP contribution in [0, 0.1) is 5.92 Å². The quantitative estimate of drug-likeness (QED) is 0.730. The van der Waals surface area contributed by atoms with Crippen molar-refractivity contribution < 1.29 is 22.2 Å². The Kier molecular flexibility index (Phi) is 7.11. The average Bonchev–Trinajstić information content (AvgIpc) is 2.87. The van der Waals surface area contributed by atoms with Crippen LogP contribution in [0.3, 0.4) is 0 Å². The first-order valence-corrected chi connectivity index (χ1v) is 12.6. The molecule has 28 heavy (non-hydrogen) atoms. The van der Waals surface area contributed by atoms with Crippen LogP contribution in [-0.4, -0.2) is 70.9 Å². The number of carbonyl (C=O) groups is 1. The van der Waals surface area contributed by atoms with Gasteiger partial charge in [-0.05, 0) is 24.3 Å². The van der Waals surface area contributed by atoms with Gasteiger partial charge in [-0.3, -0.25) is 4.21 Å². The lowest BCUT2D eigenvalue weighted by Crippen LogP contribution is -2.50. The zero-order valence-corrected chi connectivity index (χ0v) is 17.8. The molecule has 1 aromatic carbocycles. The molecule has 3 atom stereocenters. The third kappa shape index (κ3) is 5.33. The van der Waals surface area contributed by atoms with Crippen molar-refractivity contribution in [2.45, 2.75) is 31.6 Å². The summed E-state index contributed by atoms with van der Waals surface area (Å²) in [6.45, 7) is 3.42. The molecule has 2 aliphatic heterocycles.